The molecule has 0 unspecified atom stereocenters. The van der Waals surface area contributed by atoms with Gasteiger partial charge in [0.25, 0.3) is 0 Å². The molecule has 0 heterocycles. The van der Waals surface area contributed by atoms with Crippen molar-refractivity contribution < 1.29 is 4.79 Å². The molecule has 0 saturated carbocycles. The second kappa shape index (κ2) is 2.86. The number of nitrogens with zero attached hydrogens (tertiary/aromatic N) is 1. The monoisotopic (exact) mass is 113 g/mol. The first-order chi connectivity index (χ1) is 3.68. The van der Waals surface area contributed by atoms with Crippen LogP contribution in [-0.2, 0) is 4.79 Å². The van der Waals surface area contributed by atoms with E-state index in [1.165, 1.54) is 6.92 Å². The lowest BCUT2D eigenvalue weighted by Crippen LogP contribution is -2.35. The lowest BCUT2D eigenvalue weighted by atomic mass is 10.3. The zero-order valence-corrected chi connectivity index (χ0v) is 4.51. The lowest BCUT2D eigenvalue weighted by Gasteiger charge is -1.99. The molecule has 4 nitrogen and oxygen atoms in total. The minimum atomic E-state index is -0.556. The van der Waals surface area contributed by atoms with E-state index in [1.54, 1.807) is 6.19 Å². The molecule has 44 valence electrons. The van der Waals surface area contributed by atoms with Gasteiger partial charge in [0.2, 0.25) is 5.91 Å². The number of hydrogen-bond acceptors (Lipinski definition) is 3. The van der Waals surface area contributed by atoms with Gasteiger partial charge in [-0.15, -0.1) is 0 Å². The van der Waals surface area contributed by atoms with Crippen molar-refractivity contribution in [1.82, 2.24) is 5.32 Å². The van der Waals surface area contributed by atoms with E-state index in [0.717, 1.165) is 0 Å². The fraction of sp³-hybridized carbons (Fsp3) is 0.500. The van der Waals surface area contributed by atoms with Crippen molar-refractivity contribution in [3.63, 3.8) is 0 Å². The molecule has 0 fully saturated rings. The Morgan fingerprint density at radius 3 is 2.62 bits per heavy atom. The van der Waals surface area contributed by atoms with Crippen LogP contribution in [0.3, 0.4) is 0 Å². The number of carbonyl (C=O) groups is 1. The van der Waals surface area contributed by atoms with E-state index in [4.69, 9.17) is 11.0 Å². The quantitative estimate of drug-likeness (QED) is 0.353. The smallest absolute Gasteiger partial charge is 0.240 e. The molecule has 0 bridgehead atoms. The Balaban J connectivity index is 3.52. The highest BCUT2D eigenvalue weighted by atomic mass is 16.1. The molecule has 0 spiro atoms. The molecule has 0 radical (unpaired) electrons. The van der Waals surface area contributed by atoms with Gasteiger partial charge < -0.3 is 11.1 Å². The van der Waals surface area contributed by atoms with Crippen LogP contribution < -0.4 is 11.1 Å². The third-order valence-electron chi connectivity index (χ3n) is 0.708. The standard InChI is InChI=1S/C4H7N3O/c1-3(4(6)8)7-2-5/h3,7H,1H3,(H2,6,8)/t3-/m1/s1. The Morgan fingerprint density at radius 2 is 2.50 bits per heavy atom. The topological polar surface area (TPSA) is 78.9 Å². The summed E-state index contributed by atoms with van der Waals surface area (Å²) >= 11 is 0. The molecule has 0 aliphatic rings. The Labute approximate surface area is 47.3 Å². The highest BCUT2D eigenvalue weighted by Crippen LogP contribution is 1.73. The van der Waals surface area contributed by atoms with E-state index in [-0.39, 0.29) is 0 Å². The average molecular weight is 113 g/mol. The number of carbonyl (C=O) groups excluding carboxylic acids is 1. The summed E-state index contributed by atoms with van der Waals surface area (Å²) in [5.41, 5.74) is 4.77. The molecular weight excluding hydrogens is 106 g/mol. The van der Waals surface area contributed by atoms with Crippen molar-refractivity contribution in [1.29, 1.82) is 5.26 Å². The third-order valence-corrected chi connectivity index (χ3v) is 0.708. The van der Waals surface area contributed by atoms with E-state index >= 15 is 0 Å². The summed E-state index contributed by atoms with van der Waals surface area (Å²) in [6.07, 6.45) is 1.60. The predicted molar refractivity (Wildman–Crippen MR) is 27.4 cm³/mol. The van der Waals surface area contributed by atoms with Gasteiger partial charge in [0.1, 0.15) is 6.04 Å². The van der Waals surface area contributed by atoms with Crippen LogP contribution in [0.25, 0.3) is 0 Å². The number of primary amides is 1. The third kappa shape index (κ3) is 2.03. The van der Waals surface area contributed by atoms with Gasteiger partial charge in [0.15, 0.2) is 6.19 Å². The highest BCUT2D eigenvalue weighted by Gasteiger charge is 2.03. The largest absolute Gasteiger partial charge is 0.368 e. The van der Waals surface area contributed by atoms with Gasteiger partial charge in [-0.2, -0.15) is 5.26 Å². The second-order valence-electron chi connectivity index (χ2n) is 1.38. The van der Waals surface area contributed by atoms with Gasteiger partial charge in [0, 0.05) is 0 Å². The summed E-state index contributed by atoms with van der Waals surface area (Å²) in [6.45, 7) is 1.52. The minimum absolute atomic E-state index is 0.522. The van der Waals surface area contributed by atoms with Crippen LogP contribution in [0, 0.1) is 11.5 Å². The van der Waals surface area contributed by atoms with Gasteiger partial charge in [-0.1, -0.05) is 0 Å². The van der Waals surface area contributed by atoms with Gasteiger partial charge in [-0.25, -0.2) is 0 Å². The number of nitrogens with two attached hydrogens (primary N) is 1. The highest BCUT2D eigenvalue weighted by molar-refractivity contribution is 5.79. The number of rotatable bonds is 2. The summed E-state index contributed by atoms with van der Waals surface area (Å²) in [4.78, 5) is 10.1. The summed E-state index contributed by atoms with van der Waals surface area (Å²) in [6, 6.07) is -0.556. The summed E-state index contributed by atoms with van der Waals surface area (Å²) in [5.74, 6) is -0.522. The van der Waals surface area contributed by atoms with Crippen LogP contribution in [0.4, 0.5) is 0 Å². The maximum atomic E-state index is 10.1. The van der Waals surface area contributed by atoms with Gasteiger partial charge in [-0.3, -0.25) is 4.79 Å². The summed E-state index contributed by atoms with van der Waals surface area (Å²) in [5, 5.41) is 10.1. The van der Waals surface area contributed by atoms with Crippen LogP contribution in [0.15, 0.2) is 0 Å². The number of hydrogen-bond donors (Lipinski definition) is 2. The van der Waals surface area contributed by atoms with Crippen LogP contribution >= 0.6 is 0 Å². The van der Waals surface area contributed by atoms with E-state index in [2.05, 4.69) is 5.32 Å². The van der Waals surface area contributed by atoms with Crippen LogP contribution in [0.5, 0.6) is 0 Å². The molecule has 1 amide bonds. The summed E-state index contributed by atoms with van der Waals surface area (Å²) in [7, 11) is 0. The van der Waals surface area contributed by atoms with Crippen LogP contribution in [-0.4, -0.2) is 11.9 Å². The first-order valence-corrected chi connectivity index (χ1v) is 2.12. The lowest BCUT2D eigenvalue weighted by molar-refractivity contribution is -0.119. The number of amides is 1. The molecule has 0 rings (SSSR count). The molecule has 3 N–H and O–H groups in total. The van der Waals surface area contributed by atoms with Crippen molar-refractivity contribution in [2.75, 3.05) is 0 Å². The maximum absolute atomic E-state index is 10.1. The molecule has 0 aliphatic carbocycles. The van der Waals surface area contributed by atoms with E-state index in [1.807, 2.05) is 0 Å². The molecule has 1 atom stereocenters. The molecule has 8 heavy (non-hydrogen) atoms. The molecular formula is C4H7N3O. The first kappa shape index (κ1) is 6.76. The second-order valence-corrected chi connectivity index (χ2v) is 1.38. The average Bonchev–Trinajstić information content (AvgIpc) is 1.67. The number of nitriles is 1. The van der Waals surface area contributed by atoms with Crippen molar-refractivity contribution in [2.24, 2.45) is 5.73 Å². The van der Waals surface area contributed by atoms with Crippen molar-refractivity contribution in [3.05, 3.63) is 0 Å². The molecule has 0 aliphatic heterocycles. The normalized spacial score (nSPS) is 11.5. The predicted octanol–water partition coefficient (Wildman–Crippen LogP) is -1.07. The Bertz CT molecular complexity index is 126. The Kier molecular flexibility index (Phi) is 2.41. The molecule has 0 saturated heterocycles. The number of nitrogens with one attached hydrogen (secondary N) is 1. The fourth-order valence-electron chi connectivity index (χ4n) is 0.168. The van der Waals surface area contributed by atoms with E-state index < -0.39 is 11.9 Å². The molecule has 0 aromatic rings. The van der Waals surface area contributed by atoms with Crippen LogP contribution in [0.1, 0.15) is 6.92 Å². The molecule has 0 aromatic carbocycles. The van der Waals surface area contributed by atoms with Gasteiger partial charge >= 0.3 is 0 Å². The van der Waals surface area contributed by atoms with E-state index in [9.17, 15) is 4.79 Å². The minimum Gasteiger partial charge on any atom is -0.368 e. The van der Waals surface area contributed by atoms with Crippen LogP contribution in [0.2, 0.25) is 0 Å². The van der Waals surface area contributed by atoms with Gasteiger partial charge in [0.05, 0.1) is 0 Å². The fourth-order valence-corrected chi connectivity index (χ4v) is 0.168. The van der Waals surface area contributed by atoms with E-state index in [0.29, 0.717) is 0 Å². The zero-order chi connectivity index (χ0) is 6.57. The Hall–Kier alpha value is -1.24. The Morgan fingerprint density at radius 1 is 2.00 bits per heavy atom. The molecule has 4 heteroatoms. The zero-order valence-electron chi connectivity index (χ0n) is 4.51. The van der Waals surface area contributed by atoms with Crippen molar-refractivity contribution in [3.8, 4) is 6.19 Å². The SMILES string of the molecule is C[C@@H](NC#N)C(N)=O. The van der Waals surface area contributed by atoms with Crippen molar-refractivity contribution in [2.45, 2.75) is 13.0 Å². The van der Waals surface area contributed by atoms with Gasteiger partial charge in [-0.05, 0) is 6.92 Å². The van der Waals surface area contributed by atoms with Crippen molar-refractivity contribution >= 4 is 5.91 Å². The first-order valence-electron chi connectivity index (χ1n) is 2.12. The summed E-state index contributed by atoms with van der Waals surface area (Å²) < 4.78 is 0. The maximum Gasteiger partial charge on any atom is 0.240 e. The molecule has 0 aromatic heterocycles.